The third kappa shape index (κ3) is 3.53. The number of nitrogens with zero attached hydrogens (tertiary/aromatic N) is 4. The monoisotopic (exact) mass is 320 g/mol. The summed E-state index contributed by atoms with van der Waals surface area (Å²) in [4.78, 5) is 16.6. The first-order chi connectivity index (χ1) is 10.8. The average molecular weight is 320 g/mol. The average Bonchev–Trinajstić information content (AvgIpc) is 3.16. The maximum absolute atomic E-state index is 12.4. The standard InChI is InChI=1S/C15H20N4O2S/c1-2-13-16-17-14(21-13)10-18-5-3-6-19(8-7-18)15(20)12-4-9-22-11-12/h4,9,11H,2-3,5-8,10H2,1H3. The maximum Gasteiger partial charge on any atom is 0.254 e. The first kappa shape index (κ1) is 15.2. The van der Waals surface area contributed by atoms with Crippen molar-refractivity contribution in [2.24, 2.45) is 0 Å². The highest BCUT2D eigenvalue weighted by molar-refractivity contribution is 7.08. The Labute approximate surface area is 133 Å². The maximum atomic E-state index is 12.4. The van der Waals surface area contributed by atoms with E-state index in [9.17, 15) is 4.79 Å². The first-order valence-corrected chi connectivity index (χ1v) is 8.55. The molecule has 1 aliphatic rings. The highest BCUT2D eigenvalue weighted by Gasteiger charge is 2.21. The van der Waals surface area contributed by atoms with Crippen molar-refractivity contribution >= 4 is 17.2 Å². The normalized spacial score (nSPS) is 16.7. The molecule has 3 heterocycles. The van der Waals surface area contributed by atoms with Crippen LogP contribution in [0.3, 0.4) is 0 Å². The Hall–Kier alpha value is -1.73. The van der Waals surface area contributed by atoms with Crippen LogP contribution < -0.4 is 0 Å². The van der Waals surface area contributed by atoms with E-state index in [1.54, 1.807) is 11.3 Å². The molecular weight excluding hydrogens is 300 g/mol. The number of hydrogen-bond donors (Lipinski definition) is 0. The number of aryl methyl sites for hydroxylation is 1. The number of aromatic nitrogens is 2. The number of carbonyl (C=O) groups excluding carboxylic acids is 1. The second-order valence-electron chi connectivity index (χ2n) is 5.38. The molecule has 0 radical (unpaired) electrons. The van der Waals surface area contributed by atoms with Crippen molar-refractivity contribution in [1.82, 2.24) is 20.0 Å². The van der Waals surface area contributed by atoms with Crippen LogP contribution in [0.1, 0.15) is 35.5 Å². The zero-order valence-corrected chi connectivity index (χ0v) is 13.5. The van der Waals surface area contributed by atoms with Crippen molar-refractivity contribution in [2.75, 3.05) is 26.2 Å². The molecule has 1 aliphatic heterocycles. The van der Waals surface area contributed by atoms with Crippen LogP contribution in [0, 0.1) is 0 Å². The van der Waals surface area contributed by atoms with Crippen molar-refractivity contribution < 1.29 is 9.21 Å². The van der Waals surface area contributed by atoms with Crippen LogP contribution in [0.2, 0.25) is 0 Å². The summed E-state index contributed by atoms with van der Waals surface area (Å²) < 4.78 is 5.57. The predicted octanol–water partition coefficient (Wildman–Crippen LogP) is 2.04. The molecule has 1 saturated heterocycles. The number of thiophene rings is 1. The largest absolute Gasteiger partial charge is 0.424 e. The van der Waals surface area contributed by atoms with Gasteiger partial charge >= 0.3 is 0 Å². The van der Waals surface area contributed by atoms with Crippen molar-refractivity contribution in [3.8, 4) is 0 Å². The smallest absolute Gasteiger partial charge is 0.254 e. The van der Waals surface area contributed by atoms with Gasteiger partial charge in [-0.05, 0) is 17.9 Å². The van der Waals surface area contributed by atoms with E-state index in [1.165, 1.54) is 0 Å². The molecule has 0 spiro atoms. The molecular formula is C15H20N4O2S. The molecule has 2 aromatic heterocycles. The Kier molecular flexibility index (Phi) is 4.84. The second kappa shape index (κ2) is 7.02. The molecule has 7 heteroatoms. The van der Waals surface area contributed by atoms with Crippen molar-refractivity contribution in [3.05, 3.63) is 34.2 Å². The molecule has 0 unspecified atom stereocenters. The molecule has 0 aliphatic carbocycles. The summed E-state index contributed by atoms with van der Waals surface area (Å²) in [5.41, 5.74) is 0.794. The van der Waals surface area contributed by atoms with Gasteiger partial charge in [-0.15, -0.1) is 10.2 Å². The van der Waals surface area contributed by atoms with E-state index < -0.39 is 0 Å². The summed E-state index contributed by atoms with van der Waals surface area (Å²) in [5, 5.41) is 11.9. The molecule has 1 fully saturated rings. The third-order valence-electron chi connectivity index (χ3n) is 3.81. The van der Waals surface area contributed by atoms with Gasteiger partial charge in [0.1, 0.15) is 0 Å². The van der Waals surface area contributed by atoms with E-state index in [1.807, 2.05) is 28.7 Å². The van der Waals surface area contributed by atoms with Gasteiger partial charge < -0.3 is 9.32 Å². The summed E-state index contributed by atoms with van der Waals surface area (Å²) in [6.07, 6.45) is 1.72. The fraction of sp³-hybridized carbons (Fsp3) is 0.533. The molecule has 1 amide bonds. The molecule has 0 bridgehead atoms. The van der Waals surface area contributed by atoms with E-state index in [0.29, 0.717) is 18.3 Å². The van der Waals surface area contributed by atoms with Crippen molar-refractivity contribution in [2.45, 2.75) is 26.3 Å². The van der Waals surface area contributed by atoms with Crippen molar-refractivity contribution in [3.63, 3.8) is 0 Å². The topological polar surface area (TPSA) is 62.5 Å². The SMILES string of the molecule is CCc1nnc(CN2CCCN(C(=O)c3ccsc3)CC2)o1. The fourth-order valence-electron chi connectivity index (χ4n) is 2.59. The molecule has 2 aromatic rings. The number of rotatable bonds is 4. The predicted molar refractivity (Wildman–Crippen MR) is 83.8 cm³/mol. The van der Waals surface area contributed by atoms with Crippen LogP contribution in [-0.4, -0.2) is 52.1 Å². The van der Waals surface area contributed by atoms with Gasteiger partial charge in [0, 0.05) is 38.0 Å². The van der Waals surface area contributed by atoms with Crippen LogP contribution in [0.25, 0.3) is 0 Å². The van der Waals surface area contributed by atoms with E-state index >= 15 is 0 Å². The lowest BCUT2D eigenvalue weighted by Gasteiger charge is -2.20. The zero-order valence-electron chi connectivity index (χ0n) is 12.7. The highest BCUT2D eigenvalue weighted by Crippen LogP contribution is 2.13. The van der Waals surface area contributed by atoms with E-state index in [4.69, 9.17) is 4.42 Å². The van der Waals surface area contributed by atoms with Gasteiger partial charge in [-0.2, -0.15) is 11.3 Å². The van der Waals surface area contributed by atoms with Gasteiger partial charge in [-0.1, -0.05) is 6.92 Å². The fourth-order valence-corrected chi connectivity index (χ4v) is 3.22. The molecule has 0 N–H and O–H groups in total. The Bertz CT molecular complexity index is 611. The van der Waals surface area contributed by atoms with Gasteiger partial charge in [0.25, 0.3) is 5.91 Å². The van der Waals surface area contributed by atoms with Gasteiger partial charge in [0.2, 0.25) is 11.8 Å². The summed E-state index contributed by atoms with van der Waals surface area (Å²) in [6.45, 7) is 5.97. The minimum atomic E-state index is 0.133. The molecule has 0 atom stereocenters. The molecule has 0 aromatic carbocycles. The van der Waals surface area contributed by atoms with Crippen molar-refractivity contribution in [1.29, 1.82) is 0 Å². The molecule has 118 valence electrons. The Morgan fingerprint density at radius 2 is 2.14 bits per heavy atom. The van der Waals surface area contributed by atoms with Gasteiger partial charge in [0.05, 0.1) is 12.1 Å². The number of carbonyl (C=O) groups is 1. The Morgan fingerprint density at radius 3 is 2.86 bits per heavy atom. The Balaban J connectivity index is 1.56. The lowest BCUT2D eigenvalue weighted by Crippen LogP contribution is -2.34. The van der Waals surface area contributed by atoms with E-state index in [0.717, 1.165) is 44.6 Å². The third-order valence-corrected chi connectivity index (χ3v) is 4.50. The zero-order chi connectivity index (χ0) is 15.4. The molecule has 3 rings (SSSR count). The van der Waals surface area contributed by atoms with Crippen LogP contribution >= 0.6 is 11.3 Å². The van der Waals surface area contributed by atoms with Crippen LogP contribution in [0.5, 0.6) is 0 Å². The lowest BCUT2D eigenvalue weighted by molar-refractivity contribution is 0.0761. The molecule has 0 saturated carbocycles. The summed E-state index contributed by atoms with van der Waals surface area (Å²) in [5.74, 6) is 1.47. The number of hydrogen-bond acceptors (Lipinski definition) is 6. The van der Waals surface area contributed by atoms with Gasteiger partial charge in [0.15, 0.2) is 0 Å². The highest BCUT2D eigenvalue weighted by atomic mass is 32.1. The lowest BCUT2D eigenvalue weighted by atomic mass is 10.3. The quantitative estimate of drug-likeness (QED) is 0.863. The molecule has 22 heavy (non-hydrogen) atoms. The van der Waals surface area contributed by atoms with Gasteiger partial charge in [-0.3, -0.25) is 9.69 Å². The summed E-state index contributed by atoms with van der Waals surface area (Å²) in [7, 11) is 0. The first-order valence-electron chi connectivity index (χ1n) is 7.61. The van der Waals surface area contributed by atoms with Crippen LogP contribution in [-0.2, 0) is 13.0 Å². The minimum absolute atomic E-state index is 0.133. The molecule has 6 nitrogen and oxygen atoms in total. The van der Waals surface area contributed by atoms with E-state index in [-0.39, 0.29) is 5.91 Å². The van der Waals surface area contributed by atoms with Crippen LogP contribution in [0.4, 0.5) is 0 Å². The minimum Gasteiger partial charge on any atom is -0.424 e. The second-order valence-corrected chi connectivity index (χ2v) is 6.16. The summed E-state index contributed by atoms with van der Waals surface area (Å²) in [6, 6.07) is 1.89. The van der Waals surface area contributed by atoms with Gasteiger partial charge in [-0.25, -0.2) is 0 Å². The van der Waals surface area contributed by atoms with E-state index in [2.05, 4.69) is 15.1 Å². The summed E-state index contributed by atoms with van der Waals surface area (Å²) >= 11 is 1.56. The van der Waals surface area contributed by atoms with Crippen LogP contribution in [0.15, 0.2) is 21.2 Å². The Morgan fingerprint density at radius 1 is 1.27 bits per heavy atom. The number of amides is 1.